The van der Waals surface area contributed by atoms with Gasteiger partial charge in [-0.15, -0.1) is 0 Å². The van der Waals surface area contributed by atoms with Gasteiger partial charge in [0, 0.05) is 11.7 Å². The van der Waals surface area contributed by atoms with Crippen molar-refractivity contribution in [2.75, 3.05) is 13.2 Å². The van der Waals surface area contributed by atoms with E-state index in [1.54, 1.807) is 0 Å². The molecule has 2 N–H and O–H groups in total. The van der Waals surface area contributed by atoms with Gasteiger partial charge in [-0.1, -0.05) is 0 Å². The van der Waals surface area contributed by atoms with E-state index in [2.05, 4.69) is 4.98 Å². The van der Waals surface area contributed by atoms with Gasteiger partial charge in [0.05, 0.1) is 18.4 Å². The maximum Gasteiger partial charge on any atom is 0.490 e. The summed E-state index contributed by atoms with van der Waals surface area (Å²) in [6.45, 7) is 6.77. The smallest absolute Gasteiger partial charge is 0.490 e. The molecule has 0 saturated carbocycles. The lowest BCUT2D eigenvalue weighted by Gasteiger charge is -2.19. The third kappa shape index (κ3) is 5.67. The van der Waals surface area contributed by atoms with Gasteiger partial charge >= 0.3 is 7.12 Å². The number of ether oxygens (including phenoxy) is 2. The zero-order chi connectivity index (χ0) is 12.9. The first-order valence-corrected chi connectivity index (χ1v) is 5.46. The minimum absolute atomic E-state index is 0.190. The van der Waals surface area contributed by atoms with Crippen LogP contribution in [0, 0.1) is 0 Å². The number of nitrogens with zero attached hydrogens (tertiary/aromatic N) is 1. The highest BCUT2D eigenvalue weighted by Gasteiger charge is 2.12. The van der Waals surface area contributed by atoms with E-state index in [1.807, 2.05) is 20.8 Å². The molecule has 0 bridgehead atoms. The first kappa shape index (κ1) is 14.0. The lowest BCUT2D eigenvalue weighted by atomic mass is 9.82. The van der Waals surface area contributed by atoms with Crippen LogP contribution in [0.4, 0.5) is 0 Å². The molecule has 0 aliphatic carbocycles. The minimum Gasteiger partial charge on any atom is -0.490 e. The van der Waals surface area contributed by atoms with Crippen LogP contribution in [-0.4, -0.2) is 41.0 Å². The Morgan fingerprint density at radius 1 is 1.24 bits per heavy atom. The SMILES string of the molecule is CC(C)(C)OCCOc1cncc(B(O)O)c1. The molecule has 6 heteroatoms. The Bertz CT molecular complexity index is 352. The first-order chi connectivity index (χ1) is 7.88. The van der Waals surface area contributed by atoms with Crippen molar-refractivity contribution in [1.82, 2.24) is 4.98 Å². The summed E-state index contributed by atoms with van der Waals surface area (Å²) in [6.07, 6.45) is 2.89. The average molecular weight is 239 g/mol. The molecule has 0 atom stereocenters. The van der Waals surface area contributed by atoms with Crippen molar-refractivity contribution in [3.63, 3.8) is 0 Å². The predicted molar refractivity (Wildman–Crippen MR) is 65.3 cm³/mol. The monoisotopic (exact) mass is 239 g/mol. The van der Waals surface area contributed by atoms with E-state index in [-0.39, 0.29) is 5.60 Å². The van der Waals surface area contributed by atoms with Crippen molar-refractivity contribution < 1.29 is 19.5 Å². The van der Waals surface area contributed by atoms with Gasteiger partial charge in [-0.3, -0.25) is 4.98 Å². The van der Waals surface area contributed by atoms with Crippen molar-refractivity contribution in [2.24, 2.45) is 0 Å². The van der Waals surface area contributed by atoms with Gasteiger partial charge in [0.2, 0.25) is 0 Å². The molecule has 94 valence electrons. The molecule has 0 aromatic carbocycles. The van der Waals surface area contributed by atoms with Crippen LogP contribution >= 0.6 is 0 Å². The van der Waals surface area contributed by atoms with Crippen LogP contribution in [0.3, 0.4) is 0 Å². The summed E-state index contributed by atoms with van der Waals surface area (Å²) in [5.41, 5.74) is 0.115. The Morgan fingerprint density at radius 2 is 1.94 bits per heavy atom. The summed E-state index contributed by atoms with van der Waals surface area (Å²) >= 11 is 0. The lowest BCUT2D eigenvalue weighted by molar-refractivity contribution is -0.0163. The van der Waals surface area contributed by atoms with E-state index >= 15 is 0 Å². The van der Waals surface area contributed by atoms with Crippen molar-refractivity contribution >= 4 is 12.6 Å². The van der Waals surface area contributed by atoms with E-state index in [1.165, 1.54) is 18.5 Å². The molecule has 0 amide bonds. The second kappa shape index (κ2) is 6.00. The molecule has 17 heavy (non-hydrogen) atoms. The molecule has 0 fully saturated rings. The molecule has 1 aromatic rings. The Balaban J connectivity index is 2.39. The molecule has 0 saturated heterocycles. The topological polar surface area (TPSA) is 71.8 Å². The summed E-state index contributed by atoms with van der Waals surface area (Å²) in [4.78, 5) is 3.85. The summed E-state index contributed by atoms with van der Waals surface area (Å²) in [5, 5.41) is 17.9. The van der Waals surface area contributed by atoms with Crippen LogP contribution in [0.2, 0.25) is 0 Å². The van der Waals surface area contributed by atoms with Gasteiger partial charge in [0.25, 0.3) is 0 Å². The van der Waals surface area contributed by atoms with Crippen molar-refractivity contribution in [3.05, 3.63) is 18.5 Å². The van der Waals surface area contributed by atoms with E-state index < -0.39 is 7.12 Å². The molecule has 0 aliphatic rings. The molecule has 0 unspecified atom stereocenters. The van der Waals surface area contributed by atoms with Crippen molar-refractivity contribution in [3.8, 4) is 5.75 Å². The Kier molecular flexibility index (Phi) is 4.93. The van der Waals surface area contributed by atoms with Crippen LogP contribution in [0.25, 0.3) is 0 Å². The van der Waals surface area contributed by atoms with Gasteiger partial charge in [-0.2, -0.15) is 0 Å². The average Bonchev–Trinajstić information content (AvgIpc) is 2.23. The minimum atomic E-state index is -1.53. The third-order valence-corrected chi connectivity index (χ3v) is 1.92. The maximum atomic E-state index is 8.96. The number of hydrogen-bond acceptors (Lipinski definition) is 5. The highest BCUT2D eigenvalue weighted by atomic mass is 16.5. The van der Waals surface area contributed by atoms with Crippen LogP contribution in [-0.2, 0) is 4.74 Å². The largest absolute Gasteiger partial charge is 0.490 e. The Labute approximate surface area is 102 Å². The molecular formula is C11H18BNO4. The molecule has 5 nitrogen and oxygen atoms in total. The van der Waals surface area contributed by atoms with Gasteiger partial charge < -0.3 is 19.5 Å². The highest BCUT2D eigenvalue weighted by molar-refractivity contribution is 6.58. The van der Waals surface area contributed by atoms with E-state index in [0.717, 1.165) is 0 Å². The van der Waals surface area contributed by atoms with Crippen molar-refractivity contribution in [1.29, 1.82) is 0 Å². The van der Waals surface area contributed by atoms with Gasteiger partial charge in [0.15, 0.2) is 0 Å². The molecule has 1 heterocycles. The standard InChI is InChI=1S/C11H18BNO4/c1-11(2,3)17-5-4-16-10-6-9(12(14)15)7-13-8-10/h6-8,14-15H,4-5H2,1-3H3. The molecular weight excluding hydrogens is 221 g/mol. The normalized spacial score (nSPS) is 11.4. The molecule has 0 aliphatic heterocycles. The first-order valence-electron chi connectivity index (χ1n) is 5.46. The van der Waals surface area contributed by atoms with Gasteiger partial charge in [-0.05, 0) is 26.8 Å². The number of rotatable bonds is 5. The number of pyridine rings is 1. The zero-order valence-corrected chi connectivity index (χ0v) is 10.4. The molecule has 1 rings (SSSR count). The predicted octanol–water partition coefficient (Wildman–Crippen LogP) is -0.0447. The Morgan fingerprint density at radius 3 is 2.53 bits per heavy atom. The van der Waals surface area contributed by atoms with Crippen molar-refractivity contribution in [2.45, 2.75) is 26.4 Å². The van der Waals surface area contributed by atoms with Crippen LogP contribution in [0.1, 0.15) is 20.8 Å². The second-order valence-electron chi connectivity index (χ2n) is 4.64. The van der Waals surface area contributed by atoms with Gasteiger partial charge in [-0.25, -0.2) is 0 Å². The summed E-state index contributed by atoms with van der Waals surface area (Å²) in [6, 6.07) is 1.54. The van der Waals surface area contributed by atoms with Gasteiger partial charge in [0.1, 0.15) is 12.4 Å². The van der Waals surface area contributed by atoms with E-state index in [4.69, 9.17) is 19.5 Å². The molecule has 0 radical (unpaired) electrons. The maximum absolute atomic E-state index is 8.96. The highest BCUT2D eigenvalue weighted by Crippen LogP contribution is 2.08. The quantitative estimate of drug-likeness (QED) is 0.557. The number of aromatic nitrogens is 1. The molecule has 0 spiro atoms. The fourth-order valence-electron chi connectivity index (χ4n) is 1.16. The van der Waals surface area contributed by atoms with E-state index in [0.29, 0.717) is 24.4 Å². The molecule has 1 aromatic heterocycles. The number of hydrogen-bond donors (Lipinski definition) is 2. The van der Waals surface area contributed by atoms with Crippen LogP contribution in [0.5, 0.6) is 5.75 Å². The fourth-order valence-corrected chi connectivity index (χ4v) is 1.16. The third-order valence-electron chi connectivity index (χ3n) is 1.92. The van der Waals surface area contributed by atoms with E-state index in [9.17, 15) is 0 Å². The lowest BCUT2D eigenvalue weighted by Crippen LogP contribution is -2.30. The Hall–Kier alpha value is -1.11. The van der Waals surface area contributed by atoms with Crippen LogP contribution in [0.15, 0.2) is 18.5 Å². The summed E-state index contributed by atoms with van der Waals surface area (Å²) < 4.78 is 10.9. The fraction of sp³-hybridized carbons (Fsp3) is 0.545. The summed E-state index contributed by atoms with van der Waals surface area (Å²) in [7, 11) is -1.53. The second-order valence-corrected chi connectivity index (χ2v) is 4.64. The summed E-state index contributed by atoms with van der Waals surface area (Å²) in [5.74, 6) is 0.494. The van der Waals surface area contributed by atoms with Crippen LogP contribution < -0.4 is 10.2 Å². The zero-order valence-electron chi connectivity index (χ0n) is 10.4.